The van der Waals surface area contributed by atoms with Crippen LogP contribution in [0.4, 0.5) is 5.00 Å². The van der Waals surface area contributed by atoms with Crippen molar-refractivity contribution in [2.45, 2.75) is 19.9 Å². The van der Waals surface area contributed by atoms with Crippen molar-refractivity contribution in [1.82, 2.24) is 4.57 Å². The number of hydrogen-bond donors (Lipinski definition) is 2. The van der Waals surface area contributed by atoms with Gasteiger partial charge in [0.25, 0.3) is 11.8 Å². The second kappa shape index (κ2) is 5.80. The summed E-state index contributed by atoms with van der Waals surface area (Å²) in [6.45, 7) is 3.98. The van der Waals surface area contributed by atoms with Crippen molar-refractivity contribution in [2.24, 2.45) is 5.73 Å². The van der Waals surface area contributed by atoms with Gasteiger partial charge >= 0.3 is 0 Å². The van der Waals surface area contributed by atoms with Crippen molar-refractivity contribution in [1.29, 1.82) is 0 Å². The average molecular weight is 356 g/mol. The first-order valence-electron chi connectivity index (χ1n) is 5.96. The quantitative estimate of drug-likeness (QED) is 0.882. The summed E-state index contributed by atoms with van der Waals surface area (Å²) in [5.41, 5.74) is 6.11. The van der Waals surface area contributed by atoms with Gasteiger partial charge in [-0.05, 0) is 47.3 Å². The molecule has 3 N–H and O–H groups in total. The number of amides is 2. The fourth-order valence-corrected chi connectivity index (χ4v) is 3.05. The summed E-state index contributed by atoms with van der Waals surface area (Å²) in [5, 5.41) is 4.92. The number of rotatable bonds is 4. The lowest BCUT2D eigenvalue weighted by atomic mass is 10.3. The molecule has 2 heterocycles. The Morgan fingerprint density at radius 2 is 2.15 bits per heavy atom. The number of nitrogens with zero attached hydrogens (tertiary/aromatic N) is 1. The number of halogens is 1. The van der Waals surface area contributed by atoms with E-state index in [0.29, 0.717) is 16.3 Å². The van der Waals surface area contributed by atoms with E-state index in [4.69, 9.17) is 5.73 Å². The maximum Gasteiger partial charge on any atom is 0.272 e. The van der Waals surface area contributed by atoms with Gasteiger partial charge in [0.05, 0.1) is 5.56 Å². The number of hydrogen-bond acceptors (Lipinski definition) is 3. The molecule has 0 bridgehead atoms. The Hall–Kier alpha value is -1.60. The molecule has 2 amide bonds. The summed E-state index contributed by atoms with van der Waals surface area (Å²) in [5.74, 6) is -0.823. The van der Waals surface area contributed by atoms with Crippen LogP contribution in [-0.2, 0) is 0 Å². The Morgan fingerprint density at radius 3 is 2.75 bits per heavy atom. The number of aromatic nitrogens is 1. The minimum absolute atomic E-state index is 0.154. The predicted octanol–water partition coefficient (Wildman–Crippen LogP) is 3.24. The van der Waals surface area contributed by atoms with Gasteiger partial charge in [0.2, 0.25) is 0 Å². The molecule has 20 heavy (non-hydrogen) atoms. The Labute approximate surface area is 128 Å². The number of nitrogens with two attached hydrogens (primary N) is 1. The van der Waals surface area contributed by atoms with Crippen molar-refractivity contribution in [2.75, 3.05) is 5.32 Å². The van der Waals surface area contributed by atoms with Crippen LogP contribution in [0.3, 0.4) is 0 Å². The molecule has 0 spiro atoms. The summed E-state index contributed by atoms with van der Waals surface area (Å²) in [4.78, 5) is 23.6. The number of carbonyl (C=O) groups is 2. The number of primary amides is 1. The van der Waals surface area contributed by atoms with Crippen LogP contribution in [0.1, 0.15) is 40.7 Å². The topological polar surface area (TPSA) is 77.1 Å². The van der Waals surface area contributed by atoms with E-state index in [2.05, 4.69) is 21.2 Å². The van der Waals surface area contributed by atoms with Crippen LogP contribution in [0.25, 0.3) is 0 Å². The lowest BCUT2D eigenvalue weighted by molar-refractivity contribution is 0.100. The van der Waals surface area contributed by atoms with Crippen LogP contribution < -0.4 is 11.1 Å². The number of carbonyl (C=O) groups excluding carboxylic acids is 2. The highest BCUT2D eigenvalue weighted by molar-refractivity contribution is 9.10. The molecule has 2 aromatic rings. The van der Waals surface area contributed by atoms with Gasteiger partial charge < -0.3 is 15.6 Å². The van der Waals surface area contributed by atoms with Crippen molar-refractivity contribution in [3.63, 3.8) is 0 Å². The van der Waals surface area contributed by atoms with Crippen LogP contribution in [0.15, 0.2) is 28.2 Å². The van der Waals surface area contributed by atoms with Crippen molar-refractivity contribution in [3.8, 4) is 0 Å². The summed E-state index contributed by atoms with van der Waals surface area (Å²) >= 11 is 4.63. The van der Waals surface area contributed by atoms with Gasteiger partial charge in [0.15, 0.2) is 0 Å². The Kier molecular flexibility index (Phi) is 4.29. The summed E-state index contributed by atoms with van der Waals surface area (Å²) in [7, 11) is 0. The minimum Gasteiger partial charge on any atom is -0.366 e. The Morgan fingerprint density at radius 1 is 1.45 bits per heavy atom. The summed E-state index contributed by atoms with van der Waals surface area (Å²) < 4.78 is 2.69. The maximum absolute atomic E-state index is 12.3. The van der Waals surface area contributed by atoms with Crippen LogP contribution in [0.2, 0.25) is 0 Å². The molecule has 0 aliphatic rings. The first-order valence-corrected chi connectivity index (χ1v) is 7.63. The van der Waals surface area contributed by atoms with E-state index < -0.39 is 5.91 Å². The highest BCUT2D eigenvalue weighted by Gasteiger charge is 2.18. The minimum atomic E-state index is -0.554. The van der Waals surface area contributed by atoms with Crippen LogP contribution >= 0.6 is 27.3 Å². The first kappa shape index (κ1) is 14.8. The van der Waals surface area contributed by atoms with E-state index in [1.807, 2.05) is 24.6 Å². The second-order valence-electron chi connectivity index (χ2n) is 4.53. The molecule has 0 atom stereocenters. The Bertz CT molecular complexity index is 660. The van der Waals surface area contributed by atoms with Gasteiger partial charge in [-0.15, -0.1) is 11.3 Å². The molecule has 0 saturated heterocycles. The fraction of sp³-hybridized carbons (Fsp3) is 0.231. The van der Waals surface area contributed by atoms with Gasteiger partial charge in [-0.2, -0.15) is 0 Å². The fourth-order valence-electron chi connectivity index (χ4n) is 1.82. The number of anilines is 1. The molecule has 7 heteroatoms. The normalized spacial score (nSPS) is 10.8. The first-order chi connectivity index (χ1) is 9.40. The average Bonchev–Trinajstić information content (AvgIpc) is 2.95. The predicted molar refractivity (Wildman–Crippen MR) is 83.3 cm³/mol. The van der Waals surface area contributed by atoms with E-state index >= 15 is 0 Å². The van der Waals surface area contributed by atoms with Gasteiger partial charge in [-0.1, -0.05) is 0 Å². The number of thiophene rings is 1. The van der Waals surface area contributed by atoms with E-state index in [-0.39, 0.29) is 11.9 Å². The largest absolute Gasteiger partial charge is 0.366 e. The molecule has 0 radical (unpaired) electrons. The molecule has 2 rings (SSSR count). The zero-order valence-electron chi connectivity index (χ0n) is 11.0. The molecule has 0 aliphatic heterocycles. The highest BCUT2D eigenvalue weighted by Crippen LogP contribution is 2.25. The van der Waals surface area contributed by atoms with Crippen LogP contribution in [0, 0.1) is 0 Å². The third kappa shape index (κ3) is 2.94. The van der Waals surface area contributed by atoms with Crippen molar-refractivity contribution >= 4 is 44.1 Å². The zero-order chi connectivity index (χ0) is 14.9. The van der Waals surface area contributed by atoms with Crippen molar-refractivity contribution in [3.05, 3.63) is 39.4 Å². The van der Waals surface area contributed by atoms with Crippen molar-refractivity contribution < 1.29 is 9.59 Å². The molecular weight excluding hydrogens is 342 g/mol. The van der Waals surface area contributed by atoms with E-state index in [0.717, 1.165) is 4.47 Å². The molecule has 0 aliphatic carbocycles. The third-order valence-corrected chi connectivity index (χ3v) is 4.03. The second-order valence-corrected chi connectivity index (χ2v) is 6.36. The van der Waals surface area contributed by atoms with Crippen LogP contribution in [0.5, 0.6) is 0 Å². The molecular formula is C13H14BrN3O2S. The third-order valence-electron chi connectivity index (χ3n) is 2.76. The Balaban J connectivity index is 2.29. The SMILES string of the molecule is CC(C)n1cc(Br)cc1C(=O)Nc1sccc1C(N)=O. The lowest BCUT2D eigenvalue weighted by Crippen LogP contribution is -2.19. The summed E-state index contributed by atoms with van der Waals surface area (Å²) in [6.07, 6.45) is 1.85. The zero-order valence-corrected chi connectivity index (χ0v) is 13.4. The highest BCUT2D eigenvalue weighted by atomic mass is 79.9. The molecule has 0 unspecified atom stereocenters. The molecule has 0 saturated carbocycles. The lowest BCUT2D eigenvalue weighted by Gasteiger charge is -2.12. The van der Waals surface area contributed by atoms with E-state index in [9.17, 15) is 9.59 Å². The molecule has 5 nitrogen and oxygen atoms in total. The standard InChI is InChI=1S/C13H14BrN3O2S/c1-7(2)17-6-8(14)5-10(17)12(19)16-13-9(11(15)18)3-4-20-13/h3-7H,1-2H3,(H2,15,18)(H,16,19). The van der Waals surface area contributed by atoms with E-state index in [1.165, 1.54) is 11.3 Å². The van der Waals surface area contributed by atoms with Gasteiger partial charge in [0.1, 0.15) is 10.7 Å². The monoisotopic (exact) mass is 355 g/mol. The number of nitrogens with one attached hydrogen (secondary N) is 1. The van der Waals surface area contributed by atoms with Crippen LogP contribution in [-0.4, -0.2) is 16.4 Å². The molecule has 0 fully saturated rings. The molecule has 106 valence electrons. The van der Waals surface area contributed by atoms with Gasteiger partial charge in [0, 0.05) is 16.7 Å². The summed E-state index contributed by atoms with van der Waals surface area (Å²) in [6, 6.07) is 3.49. The van der Waals surface area contributed by atoms with Gasteiger partial charge in [-0.25, -0.2) is 0 Å². The maximum atomic E-state index is 12.3. The van der Waals surface area contributed by atoms with Gasteiger partial charge in [-0.3, -0.25) is 9.59 Å². The molecule has 0 aromatic carbocycles. The molecule has 2 aromatic heterocycles. The smallest absolute Gasteiger partial charge is 0.272 e. The van der Waals surface area contributed by atoms with E-state index in [1.54, 1.807) is 17.5 Å².